The molecule has 0 atom stereocenters. The van der Waals surface area contributed by atoms with Crippen molar-refractivity contribution in [2.75, 3.05) is 4.90 Å². The molecule has 0 saturated carbocycles. The van der Waals surface area contributed by atoms with Crippen LogP contribution in [0.4, 0.5) is 17.1 Å². The van der Waals surface area contributed by atoms with Crippen molar-refractivity contribution in [2.45, 2.75) is 67.7 Å². The van der Waals surface area contributed by atoms with Gasteiger partial charge in [-0.15, -0.1) is 0 Å². The average Bonchev–Trinajstić information content (AvgIpc) is 3.29. The molecule has 3 nitrogen and oxygen atoms in total. The highest BCUT2D eigenvalue weighted by molar-refractivity contribution is 6.10. The first kappa shape index (κ1) is 27.8. The highest BCUT2D eigenvalue weighted by Gasteiger charge is 2.23. The first-order valence-electron chi connectivity index (χ1n) is 14.8. The van der Waals surface area contributed by atoms with Gasteiger partial charge in [-0.2, -0.15) is 0 Å². The van der Waals surface area contributed by atoms with Gasteiger partial charge in [0.25, 0.3) is 0 Å². The Hall–Kier alpha value is -4.37. The van der Waals surface area contributed by atoms with E-state index in [2.05, 4.69) is 140 Å². The Kier molecular flexibility index (Phi) is 6.73. The lowest BCUT2D eigenvalue weighted by atomic mass is 9.87. The summed E-state index contributed by atoms with van der Waals surface area (Å²) in [4.78, 5) is 7.18. The average molecular weight is 553 g/mol. The van der Waals surface area contributed by atoms with E-state index >= 15 is 0 Å². The molecule has 0 N–H and O–H groups in total. The standard InChI is InChI=1S/C39H40N2O/c1-23-17-25(3)36(26(4)18-23)41(37-27(5)19-24(2)20-28(37)6)30-13-14-31-32-11-10-12-33(38(32)42-35(31)22-30)34-21-29(15-16-40-34)39(7,8)9/h10-22H,1-9H3. The Morgan fingerprint density at radius 2 is 1.24 bits per heavy atom. The van der Waals surface area contributed by atoms with E-state index in [1.165, 1.54) is 50.3 Å². The molecule has 0 unspecified atom stereocenters. The minimum Gasteiger partial charge on any atom is -0.455 e. The van der Waals surface area contributed by atoms with Crippen LogP contribution in [0.2, 0.25) is 0 Å². The highest BCUT2D eigenvalue weighted by atomic mass is 16.3. The molecule has 212 valence electrons. The number of furan rings is 1. The van der Waals surface area contributed by atoms with Gasteiger partial charge in [0.15, 0.2) is 0 Å². The molecule has 0 fully saturated rings. The van der Waals surface area contributed by atoms with E-state index in [9.17, 15) is 0 Å². The maximum absolute atomic E-state index is 6.72. The van der Waals surface area contributed by atoms with E-state index in [1.807, 2.05) is 6.20 Å². The van der Waals surface area contributed by atoms with Crippen molar-refractivity contribution in [3.63, 3.8) is 0 Å². The summed E-state index contributed by atoms with van der Waals surface area (Å²) in [5.74, 6) is 0. The van der Waals surface area contributed by atoms with Crippen molar-refractivity contribution in [3.8, 4) is 11.3 Å². The first-order valence-corrected chi connectivity index (χ1v) is 14.8. The monoisotopic (exact) mass is 552 g/mol. The second-order valence-electron chi connectivity index (χ2n) is 13.0. The molecule has 0 bridgehead atoms. The van der Waals surface area contributed by atoms with Gasteiger partial charge in [0.1, 0.15) is 11.2 Å². The smallest absolute Gasteiger partial charge is 0.144 e. The fraction of sp³-hybridized carbons (Fsp3) is 0.256. The van der Waals surface area contributed by atoms with Gasteiger partial charge in [-0.1, -0.05) is 68.3 Å². The van der Waals surface area contributed by atoms with Crippen LogP contribution < -0.4 is 4.90 Å². The van der Waals surface area contributed by atoms with Gasteiger partial charge in [-0.25, -0.2) is 0 Å². The molecular formula is C39H40N2O. The van der Waals surface area contributed by atoms with Crippen molar-refractivity contribution in [1.82, 2.24) is 4.98 Å². The number of hydrogen-bond acceptors (Lipinski definition) is 3. The molecule has 6 aromatic rings. The van der Waals surface area contributed by atoms with Crippen LogP contribution in [0.25, 0.3) is 33.2 Å². The number of fused-ring (bicyclic) bond motifs is 3. The minimum absolute atomic E-state index is 0.0380. The zero-order chi connectivity index (χ0) is 29.9. The molecule has 0 aliphatic heterocycles. The number of nitrogens with zero attached hydrogens (tertiary/aromatic N) is 2. The van der Waals surface area contributed by atoms with Crippen molar-refractivity contribution < 1.29 is 4.42 Å². The highest BCUT2D eigenvalue weighted by Crippen LogP contribution is 2.45. The molecule has 42 heavy (non-hydrogen) atoms. The largest absolute Gasteiger partial charge is 0.455 e. The molecule has 4 aromatic carbocycles. The zero-order valence-electron chi connectivity index (χ0n) is 26.3. The van der Waals surface area contributed by atoms with Gasteiger partial charge >= 0.3 is 0 Å². The molecule has 0 amide bonds. The first-order chi connectivity index (χ1) is 19.9. The Morgan fingerprint density at radius 3 is 1.81 bits per heavy atom. The van der Waals surface area contributed by atoms with Gasteiger partial charge in [0.05, 0.1) is 17.1 Å². The predicted molar refractivity (Wildman–Crippen MR) is 179 cm³/mol. The summed E-state index contributed by atoms with van der Waals surface area (Å²) in [6.45, 7) is 19.9. The molecule has 3 heteroatoms. The Balaban J connectivity index is 1.59. The van der Waals surface area contributed by atoms with Crippen LogP contribution in [0, 0.1) is 41.5 Å². The van der Waals surface area contributed by atoms with E-state index < -0.39 is 0 Å². The third-order valence-electron chi connectivity index (χ3n) is 8.36. The van der Waals surface area contributed by atoms with Crippen LogP contribution in [-0.4, -0.2) is 4.98 Å². The number of aromatic nitrogens is 1. The number of rotatable bonds is 4. The molecule has 0 aliphatic rings. The van der Waals surface area contributed by atoms with E-state index in [0.29, 0.717) is 0 Å². The fourth-order valence-corrected chi connectivity index (χ4v) is 6.59. The van der Waals surface area contributed by atoms with E-state index in [0.717, 1.165) is 38.9 Å². The third kappa shape index (κ3) is 4.77. The van der Waals surface area contributed by atoms with Crippen LogP contribution in [-0.2, 0) is 5.41 Å². The quantitative estimate of drug-likeness (QED) is 0.218. The molecule has 6 rings (SSSR count). The van der Waals surface area contributed by atoms with Crippen molar-refractivity contribution in [2.24, 2.45) is 0 Å². The van der Waals surface area contributed by atoms with Crippen LogP contribution in [0.5, 0.6) is 0 Å². The fourth-order valence-electron chi connectivity index (χ4n) is 6.59. The SMILES string of the molecule is Cc1cc(C)c(N(c2ccc3c(c2)oc2c(-c4cc(C(C)(C)C)ccn4)cccc23)c2c(C)cc(C)cc2C)c(C)c1. The van der Waals surface area contributed by atoms with Crippen molar-refractivity contribution >= 4 is 39.0 Å². The molecular weight excluding hydrogens is 512 g/mol. The summed E-state index contributed by atoms with van der Waals surface area (Å²) in [5, 5.41) is 2.21. The maximum Gasteiger partial charge on any atom is 0.144 e. The number of aryl methyl sites for hydroxylation is 6. The number of para-hydroxylation sites is 1. The van der Waals surface area contributed by atoms with Gasteiger partial charge < -0.3 is 9.32 Å². The van der Waals surface area contributed by atoms with Gasteiger partial charge in [0.2, 0.25) is 0 Å². The molecule has 0 saturated heterocycles. The lowest BCUT2D eigenvalue weighted by molar-refractivity contribution is 0.589. The lowest BCUT2D eigenvalue weighted by Crippen LogP contribution is -2.15. The number of hydrogen-bond donors (Lipinski definition) is 0. The second kappa shape index (κ2) is 10.2. The second-order valence-corrected chi connectivity index (χ2v) is 13.0. The van der Waals surface area contributed by atoms with Crippen LogP contribution in [0.15, 0.2) is 83.4 Å². The summed E-state index contributed by atoms with van der Waals surface area (Å²) < 4.78 is 6.72. The topological polar surface area (TPSA) is 29.3 Å². The molecule has 2 aromatic heterocycles. The summed E-state index contributed by atoms with van der Waals surface area (Å²) in [6.07, 6.45) is 1.91. The summed E-state index contributed by atoms with van der Waals surface area (Å²) >= 11 is 0. The Labute approximate surface area is 249 Å². The van der Waals surface area contributed by atoms with Gasteiger partial charge in [-0.05, 0) is 105 Å². The predicted octanol–water partition coefficient (Wildman–Crippen LogP) is 11.3. The molecule has 2 heterocycles. The minimum atomic E-state index is 0.0380. The summed E-state index contributed by atoms with van der Waals surface area (Å²) in [5.41, 5.74) is 16.1. The van der Waals surface area contributed by atoms with Crippen molar-refractivity contribution in [1.29, 1.82) is 0 Å². The Morgan fingerprint density at radius 1 is 0.643 bits per heavy atom. The normalized spacial score (nSPS) is 11.9. The zero-order valence-corrected chi connectivity index (χ0v) is 26.3. The van der Waals surface area contributed by atoms with E-state index in [1.54, 1.807) is 0 Å². The summed E-state index contributed by atoms with van der Waals surface area (Å²) in [7, 11) is 0. The van der Waals surface area contributed by atoms with Crippen LogP contribution in [0.3, 0.4) is 0 Å². The number of benzene rings is 4. The van der Waals surface area contributed by atoms with Gasteiger partial charge in [0, 0.05) is 34.3 Å². The van der Waals surface area contributed by atoms with E-state index in [4.69, 9.17) is 9.40 Å². The number of anilines is 3. The summed E-state index contributed by atoms with van der Waals surface area (Å²) in [6, 6.07) is 26.4. The van der Waals surface area contributed by atoms with Gasteiger partial charge in [-0.3, -0.25) is 4.98 Å². The third-order valence-corrected chi connectivity index (χ3v) is 8.36. The molecule has 0 radical (unpaired) electrons. The van der Waals surface area contributed by atoms with Crippen LogP contribution >= 0.6 is 0 Å². The van der Waals surface area contributed by atoms with Crippen molar-refractivity contribution in [3.05, 3.63) is 118 Å². The van der Waals surface area contributed by atoms with Crippen LogP contribution in [0.1, 0.15) is 59.7 Å². The molecule has 0 aliphatic carbocycles. The maximum atomic E-state index is 6.72. The molecule has 0 spiro atoms. The number of pyridine rings is 1. The lowest BCUT2D eigenvalue weighted by Gasteiger charge is -2.32. The van der Waals surface area contributed by atoms with E-state index in [-0.39, 0.29) is 5.41 Å². The Bertz CT molecular complexity index is 1880.